The summed E-state index contributed by atoms with van der Waals surface area (Å²) in [5.74, 6) is 0.368. The Morgan fingerprint density at radius 3 is 2.57 bits per heavy atom. The average molecular weight is 403 g/mol. The molecule has 0 fully saturated rings. The van der Waals surface area contributed by atoms with Crippen LogP contribution in [0.4, 0.5) is 11.4 Å². The lowest BCUT2D eigenvalue weighted by Gasteiger charge is -2.20. The highest BCUT2D eigenvalue weighted by molar-refractivity contribution is 7.92. The molecule has 1 aliphatic rings. The van der Waals surface area contributed by atoms with Gasteiger partial charge in [-0.15, -0.1) is 0 Å². The second kappa shape index (κ2) is 7.83. The second-order valence-corrected chi connectivity index (χ2v) is 9.29. The number of amides is 1. The Bertz CT molecular complexity index is 986. The lowest BCUT2D eigenvalue weighted by Crippen LogP contribution is -2.36. The van der Waals surface area contributed by atoms with Crippen molar-refractivity contribution in [1.82, 2.24) is 0 Å². The van der Waals surface area contributed by atoms with Gasteiger partial charge in [0.1, 0.15) is 5.75 Å². The van der Waals surface area contributed by atoms with Gasteiger partial charge in [0.15, 0.2) is 6.10 Å². The molecule has 1 N–H and O–H groups in total. The van der Waals surface area contributed by atoms with E-state index >= 15 is 0 Å². The van der Waals surface area contributed by atoms with E-state index in [1.54, 1.807) is 24.3 Å². The van der Waals surface area contributed by atoms with Crippen LogP contribution < -0.4 is 14.4 Å². The molecule has 0 saturated carbocycles. The van der Waals surface area contributed by atoms with Crippen molar-refractivity contribution in [2.24, 2.45) is 0 Å². The number of benzene rings is 2. The summed E-state index contributed by atoms with van der Waals surface area (Å²) in [6, 6.07) is 12.8. The average Bonchev–Trinajstić information content (AvgIpc) is 2.82. The van der Waals surface area contributed by atoms with Gasteiger partial charge in [0.2, 0.25) is 10.0 Å². The van der Waals surface area contributed by atoms with Crippen LogP contribution in [0.1, 0.15) is 37.3 Å². The number of nitrogens with one attached hydrogen (secondary N) is 1. The molecular formula is C21H26N2O4S. The quantitative estimate of drug-likeness (QED) is 0.847. The first-order valence-electron chi connectivity index (χ1n) is 9.32. The molecule has 7 heteroatoms. The summed E-state index contributed by atoms with van der Waals surface area (Å²) in [7, 11) is -3.47. The van der Waals surface area contributed by atoms with Gasteiger partial charge in [0.05, 0.1) is 11.9 Å². The zero-order valence-electron chi connectivity index (χ0n) is 16.6. The third kappa shape index (κ3) is 4.14. The molecule has 3 rings (SSSR count). The van der Waals surface area contributed by atoms with E-state index in [0.717, 1.165) is 23.1 Å². The zero-order chi connectivity index (χ0) is 20.5. The summed E-state index contributed by atoms with van der Waals surface area (Å²) < 4.78 is 31.6. The number of fused-ring (bicyclic) bond motifs is 1. The number of sulfonamides is 1. The van der Waals surface area contributed by atoms with Crippen molar-refractivity contribution in [3.05, 3.63) is 53.6 Å². The van der Waals surface area contributed by atoms with Gasteiger partial charge in [-0.2, -0.15) is 0 Å². The standard InChI is InChI=1S/C21H26N2O4S/c1-14(2)16-9-7-8-15(3)20(16)22-21(24)19-12-13-23(28(4,25)26)17-10-5-6-11-18(17)27-19/h5-11,14,19H,12-13H2,1-4H3,(H,22,24). The highest BCUT2D eigenvalue weighted by Crippen LogP contribution is 2.34. The molecule has 0 aliphatic carbocycles. The van der Waals surface area contributed by atoms with E-state index in [1.807, 2.05) is 25.1 Å². The van der Waals surface area contributed by atoms with Crippen LogP contribution in [0.3, 0.4) is 0 Å². The predicted octanol–water partition coefficient (Wildman–Crippen LogP) is 3.67. The van der Waals surface area contributed by atoms with E-state index in [1.165, 1.54) is 4.31 Å². The first-order valence-corrected chi connectivity index (χ1v) is 11.2. The maximum Gasteiger partial charge on any atom is 0.265 e. The number of para-hydroxylation sites is 3. The maximum absolute atomic E-state index is 13.0. The van der Waals surface area contributed by atoms with Crippen LogP contribution in [-0.4, -0.2) is 33.2 Å². The minimum Gasteiger partial charge on any atom is -0.478 e. The minimum absolute atomic E-state index is 0.179. The Balaban J connectivity index is 1.89. The lowest BCUT2D eigenvalue weighted by atomic mass is 9.98. The monoisotopic (exact) mass is 402 g/mol. The normalized spacial score (nSPS) is 16.9. The molecule has 1 unspecified atom stereocenters. The zero-order valence-corrected chi connectivity index (χ0v) is 17.4. The summed E-state index contributed by atoms with van der Waals surface area (Å²) in [5.41, 5.74) is 3.29. The highest BCUT2D eigenvalue weighted by atomic mass is 32.2. The van der Waals surface area contributed by atoms with Gasteiger partial charge in [0.25, 0.3) is 5.91 Å². The topological polar surface area (TPSA) is 75.7 Å². The molecule has 28 heavy (non-hydrogen) atoms. The van der Waals surface area contributed by atoms with Gasteiger partial charge >= 0.3 is 0 Å². The van der Waals surface area contributed by atoms with Crippen LogP contribution in [0.15, 0.2) is 42.5 Å². The molecule has 1 aliphatic heterocycles. The molecule has 1 atom stereocenters. The molecule has 150 valence electrons. The number of anilines is 2. The van der Waals surface area contributed by atoms with Crippen LogP contribution in [0.5, 0.6) is 5.75 Å². The number of aryl methyl sites for hydroxylation is 1. The van der Waals surface area contributed by atoms with E-state index in [0.29, 0.717) is 11.4 Å². The van der Waals surface area contributed by atoms with Crippen molar-refractivity contribution in [3.63, 3.8) is 0 Å². The number of nitrogens with zero attached hydrogens (tertiary/aromatic N) is 1. The smallest absolute Gasteiger partial charge is 0.265 e. The predicted molar refractivity (Wildman–Crippen MR) is 112 cm³/mol. The number of hydrogen-bond acceptors (Lipinski definition) is 4. The summed E-state index contributed by atoms with van der Waals surface area (Å²) in [5, 5.41) is 3.01. The second-order valence-electron chi connectivity index (χ2n) is 7.38. The van der Waals surface area contributed by atoms with E-state index in [9.17, 15) is 13.2 Å². The van der Waals surface area contributed by atoms with Gasteiger partial charge in [-0.05, 0) is 36.1 Å². The minimum atomic E-state index is -3.47. The number of rotatable bonds is 4. The molecule has 2 aromatic rings. The molecule has 0 spiro atoms. The first kappa shape index (κ1) is 20.2. The van der Waals surface area contributed by atoms with Gasteiger partial charge in [-0.1, -0.05) is 44.2 Å². The van der Waals surface area contributed by atoms with Gasteiger partial charge in [0, 0.05) is 18.7 Å². The SMILES string of the molecule is Cc1cccc(C(C)C)c1NC(=O)C1CCN(S(C)(=O)=O)c2ccccc2O1. The van der Waals surface area contributed by atoms with E-state index < -0.39 is 16.1 Å². The fourth-order valence-corrected chi connectivity index (χ4v) is 4.35. The van der Waals surface area contributed by atoms with Gasteiger partial charge in [-0.3, -0.25) is 9.10 Å². The number of ether oxygens (including phenoxy) is 1. The number of carbonyl (C=O) groups is 1. The van der Waals surface area contributed by atoms with Crippen molar-refractivity contribution in [3.8, 4) is 5.75 Å². The lowest BCUT2D eigenvalue weighted by molar-refractivity contribution is -0.122. The molecule has 1 heterocycles. The van der Waals surface area contributed by atoms with Crippen molar-refractivity contribution >= 4 is 27.3 Å². The Morgan fingerprint density at radius 2 is 1.89 bits per heavy atom. The van der Waals surface area contributed by atoms with Gasteiger partial charge < -0.3 is 10.1 Å². The molecule has 0 aromatic heterocycles. The Labute approximate surface area is 166 Å². The van der Waals surface area contributed by atoms with Crippen LogP contribution >= 0.6 is 0 Å². The third-order valence-corrected chi connectivity index (χ3v) is 6.05. The Kier molecular flexibility index (Phi) is 5.65. The van der Waals surface area contributed by atoms with Crippen LogP contribution in [0.2, 0.25) is 0 Å². The van der Waals surface area contributed by atoms with E-state index in [2.05, 4.69) is 19.2 Å². The molecule has 1 amide bonds. The van der Waals surface area contributed by atoms with Crippen molar-refractivity contribution in [1.29, 1.82) is 0 Å². The molecule has 0 saturated heterocycles. The molecule has 0 bridgehead atoms. The fraction of sp³-hybridized carbons (Fsp3) is 0.381. The van der Waals surface area contributed by atoms with E-state index in [4.69, 9.17) is 4.74 Å². The van der Waals surface area contributed by atoms with Crippen LogP contribution in [-0.2, 0) is 14.8 Å². The molecule has 2 aromatic carbocycles. The maximum atomic E-state index is 13.0. The third-order valence-electron chi connectivity index (χ3n) is 4.87. The Hall–Kier alpha value is -2.54. The molecule has 0 radical (unpaired) electrons. The summed E-state index contributed by atoms with van der Waals surface area (Å²) in [6.07, 6.45) is 0.635. The van der Waals surface area contributed by atoms with Crippen LogP contribution in [0, 0.1) is 6.92 Å². The van der Waals surface area contributed by atoms with Crippen LogP contribution in [0.25, 0.3) is 0 Å². The van der Waals surface area contributed by atoms with Crippen molar-refractivity contribution in [2.45, 2.75) is 39.2 Å². The van der Waals surface area contributed by atoms with Gasteiger partial charge in [-0.25, -0.2) is 8.42 Å². The summed E-state index contributed by atoms with van der Waals surface area (Å²) in [6.45, 7) is 6.29. The highest BCUT2D eigenvalue weighted by Gasteiger charge is 2.31. The van der Waals surface area contributed by atoms with Crippen molar-refractivity contribution < 1.29 is 17.9 Å². The Morgan fingerprint density at radius 1 is 1.18 bits per heavy atom. The fourth-order valence-electron chi connectivity index (χ4n) is 3.41. The number of hydrogen-bond donors (Lipinski definition) is 1. The first-order chi connectivity index (χ1) is 13.2. The number of carbonyl (C=O) groups excluding carboxylic acids is 1. The largest absolute Gasteiger partial charge is 0.478 e. The van der Waals surface area contributed by atoms with E-state index in [-0.39, 0.29) is 24.8 Å². The molecule has 6 nitrogen and oxygen atoms in total. The summed E-state index contributed by atoms with van der Waals surface area (Å²) in [4.78, 5) is 13.0. The van der Waals surface area contributed by atoms with Crippen molar-refractivity contribution in [2.75, 3.05) is 22.4 Å². The molecular weight excluding hydrogens is 376 g/mol. The summed E-state index contributed by atoms with van der Waals surface area (Å²) >= 11 is 0.